The van der Waals surface area contributed by atoms with Gasteiger partial charge in [0.1, 0.15) is 0 Å². The third-order valence-electron chi connectivity index (χ3n) is 5.29. The fraction of sp³-hybridized carbons (Fsp3) is 0.565. The van der Waals surface area contributed by atoms with Crippen LogP contribution in [0.2, 0.25) is 18.1 Å². The highest BCUT2D eigenvalue weighted by molar-refractivity contribution is 6.74. The molecule has 0 aliphatic heterocycles. The van der Waals surface area contributed by atoms with Gasteiger partial charge in [-0.15, -0.1) is 0 Å². The van der Waals surface area contributed by atoms with Gasteiger partial charge in [-0.2, -0.15) is 0 Å². The van der Waals surface area contributed by atoms with E-state index in [4.69, 9.17) is 9.16 Å². The van der Waals surface area contributed by atoms with Crippen molar-refractivity contribution < 1.29 is 18.8 Å². The van der Waals surface area contributed by atoms with E-state index in [0.29, 0.717) is 5.56 Å². The van der Waals surface area contributed by atoms with Crippen LogP contribution >= 0.6 is 0 Å². The molecule has 0 aliphatic carbocycles. The van der Waals surface area contributed by atoms with Crippen molar-refractivity contribution in [1.82, 2.24) is 4.90 Å². The highest BCUT2D eigenvalue weighted by Gasteiger charge is 2.38. The first-order valence-corrected chi connectivity index (χ1v) is 13.1. The number of nitrogens with zero attached hydrogens (tertiary/aromatic N) is 1. The summed E-state index contributed by atoms with van der Waals surface area (Å²) in [6, 6.07) is 8.77. The molecule has 0 spiro atoms. The second kappa shape index (κ2) is 10.1. The highest BCUT2D eigenvalue weighted by Crippen LogP contribution is 2.36. The Labute approximate surface area is 177 Å². The largest absolute Gasteiger partial charge is 0.549 e. The van der Waals surface area contributed by atoms with Gasteiger partial charge in [0.25, 0.3) is 0 Å². The average Bonchev–Trinajstić information content (AvgIpc) is 2.59. The van der Waals surface area contributed by atoms with Gasteiger partial charge in [0.15, 0.2) is 6.10 Å². The lowest BCUT2D eigenvalue weighted by Crippen LogP contribution is -2.44. The molecule has 1 amide bonds. The minimum atomic E-state index is -2.03. The van der Waals surface area contributed by atoms with Crippen LogP contribution in [0.4, 0.5) is 4.79 Å². The maximum absolute atomic E-state index is 13.0. The number of carbonyl (C=O) groups excluding carboxylic acids is 2. The molecule has 0 N–H and O–H groups in total. The first-order chi connectivity index (χ1) is 13.3. The fourth-order valence-corrected chi connectivity index (χ4v) is 3.36. The van der Waals surface area contributed by atoms with Gasteiger partial charge in [-0.1, -0.05) is 51.1 Å². The van der Waals surface area contributed by atoms with E-state index in [1.807, 2.05) is 33.8 Å². The van der Waals surface area contributed by atoms with Crippen molar-refractivity contribution in [2.75, 3.05) is 0 Å². The molecule has 29 heavy (non-hydrogen) atoms. The van der Waals surface area contributed by atoms with Crippen LogP contribution < -0.4 is 0 Å². The fourth-order valence-electron chi connectivity index (χ4n) is 2.59. The topological polar surface area (TPSA) is 55.8 Å². The quantitative estimate of drug-likeness (QED) is 0.293. The van der Waals surface area contributed by atoms with Gasteiger partial charge in [-0.05, 0) is 51.9 Å². The Kier molecular flexibility index (Phi) is 8.69. The molecular formula is C23H37NO4Si. The molecule has 0 aliphatic rings. The molecule has 162 valence electrons. The van der Waals surface area contributed by atoms with Gasteiger partial charge in [0, 0.05) is 17.6 Å². The lowest BCUT2D eigenvalue weighted by atomic mass is 10.1. The van der Waals surface area contributed by atoms with Crippen molar-refractivity contribution in [3.8, 4) is 0 Å². The Bertz CT molecular complexity index is 697. The summed E-state index contributed by atoms with van der Waals surface area (Å²) in [6.07, 6.45) is 1.52. The third kappa shape index (κ3) is 7.03. The monoisotopic (exact) mass is 419 g/mol. The molecule has 5 nitrogen and oxygen atoms in total. The van der Waals surface area contributed by atoms with Crippen LogP contribution in [-0.4, -0.2) is 43.3 Å². The number of hydrogen-bond donors (Lipinski definition) is 0. The summed E-state index contributed by atoms with van der Waals surface area (Å²) in [5.74, 6) is -0.276. The summed E-state index contributed by atoms with van der Waals surface area (Å²) in [5.41, 5.74) is 0.489. The van der Waals surface area contributed by atoms with Crippen LogP contribution in [0.3, 0.4) is 0 Å². The number of carbonyl (C=O) groups is 2. The number of benzene rings is 1. The van der Waals surface area contributed by atoms with E-state index >= 15 is 0 Å². The van der Waals surface area contributed by atoms with Crippen LogP contribution in [0.15, 0.2) is 42.7 Å². The summed E-state index contributed by atoms with van der Waals surface area (Å²) < 4.78 is 11.7. The molecule has 1 atom stereocenters. The van der Waals surface area contributed by atoms with E-state index < -0.39 is 20.5 Å². The molecular weight excluding hydrogens is 382 g/mol. The first kappa shape index (κ1) is 25.0. The normalized spacial score (nSPS) is 13.6. The van der Waals surface area contributed by atoms with Crippen molar-refractivity contribution >= 4 is 20.2 Å². The zero-order valence-corrected chi connectivity index (χ0v) is 20.4. The Morgan fingerprint density at radius 3 is 1.97 bits per heavy atom. The van der Waals surface area contributed by atoms with Crippen LogP contribution in [0.1, 0.15) is 58.8 Å². The number of rotatable bonds is 8. The van der Waals surface area contributed by atoms with Gasteiger partial charge >= 0.3 is 6.09 Å². The van der Waals surface area contributed by atoms with Gasteiger partial charge in [-0.3, -0.25) is 4.79 Å². The van der Waals surface area contributed by atoms with Gasteiger partial charge in [0.05, 0.1) is 6.26 Å². The Morgan fingerprint density at radius 1 is 1.00 bits per heavy atom. The summed E-state index contributed by atoms with van der Waals surface area (Å²) >= 11 is 0. The van der Waals surface area contributed by atoms with Crippen molar-refractivity contribution in [1.29, 1.82) is 0 Å². The highest BCUT2D eigenvalue weighted by atomic mass is 28.4. The van der Waals surface area contributed by atoms with E-state index in [9.17, 15) is 9.59 Å². The van der Waals surface area contributed by atoms with Crippen molar-refractivity contribution in [3.05, 3.63) is 48.2 Å². The summed E-state index contributed by atoms with van der Waals surface area (Å²) in [6.45, 7) is 18.4. The summed E-state index contributed by atoms with van der Waals surface area (Å²) in [7, 11) is -2.03. The minimum Gasteiger partial charge on any atom is -0.549 e. The molecule has 0 aromatic heterocycles. The van der Waals surface area contributed by atoms with Crippen molar-refractivity contribution in [2.45, 2.75) is 84.8 Å². The van der Waals surface area contributed by atoms with E-state index in [0.717, 1.165) is 0 Å². The zero-order chi connectivity index (χ0) is 22.4. The number of Topliss-reactive ketones (excluding diaryl/α,β-unsaturated/α-hetero) is 1. The van der Waals surface area contributed by atoms with Crippen LogP contribution in [0.5, 0.6) is 0 Å². The van der Waals surface area contributed by atoms with E-state index in [1.54, 1.807) is 35.2 Å². The van der Waals surface area contributed by atoms with E-state index in [2.05, 4.69) is 33.9 Å². The molecule has 0 bridgehead atoms. The third-order valence-corrected chi connectivity index (χ3v) is 9.63. The Balaban J connectivity index is 3.11. The second-order valence-corrected chi connectivity index (χ2v) is 14.1. The number of hydrogen-bond acceptors (Lipinski definition) is 4. The maximum Gasteiger partial charge on any atom is 0.411 e. The summed E-state index contributed by atoms with van der Waals surface area (Å²) in [4.78, 5) is 27.4. The second-order valence-electron chi connectivity index (χ2n) is 9.34. The predicted molar refractivity (Wildman–Crippen MR) is 121 cm³/mol. The zero-order valence-electron chi connectivity index (χ0n) is 19.4. The average molecular weight is 420 g/mol. The lowest BCUT2D eigenvalue weighted by Gasteiger charge is -2.35. The Morgan fingerprint density at radius 2 is 1.52 bits per heavy atom. The molecule has 0 fully saturated rings. The number of amides is 1. The summed E-state index contributed by atoms with van der Waals surface area (Å²) in [5, 5.41) is 0.0268. The number of ketones is 1. The smallest absolute Gasteiger partial charge is 0.411 e. The van der Waals surface area contributed by atoms with Gasteiger partial charge in [-0.25, -0.2) is 4.79 Å². The molecule has 1 rings (SSSR count). The molecule has 1 unspecified atom stereocenters. The van der Waals surface area contributed by atoms with Crippen LogP contribution in [-0.2, 0) is 9.16 Å². The first-order valence-electron chi connectivity index (χ1n) is 10.2. The Hall–Kier alpha value is -2.08. The molecule has 0 saturated carbocycles. The predicted octanol–water partition coefficient (Wildman–Crippen LogP) is 6.03. The molecule has 0 radical (unpaired) electrons. The van der Waals surface area contributed by atoms with Crippen LogP contribution in [0.25, 0.3) is 0 Å². The molecule has 6 heteroatoms. The van der Waals surface area contributed by atoms with Gasteiger partial charge < -0.3 is 14.1 Å². The van der Waals surface area contributed by atoms with Crippen molar-refractivity contribution in [3.63, 3.8) is 0 Å². The van der Waals surface area contributed by atoms with Gasteiger partial charge in [0.2, 0.25) is 14.1 Å². The van der Waals surface area contributed by atoms with E-state index in [-0.39, 0.29) is 22.9 Å². The number of ether oxygens (including phenoxy) is 1. The molecule has 0 saturated heterocycles. The molecule has 1 aromatic rings. The van der Waals surface area contributed by atoms with E-state index in [1.165, 1.54) is 6.26 Å². The maximum atomic E-state index is 13.0. The van der Waals surface area contributed by atoms with Crippen molar-refractivity contribution in [2.24, 2.45) is 0 Å². The molecule has 1 aromatic carbocycles. The molecule has 0 heterocycles. The lowest BCUT2D eigenvalue weighted by molar-refractivity contribution is 0.0496. The standard InChI is InChI=1S/C23H37NO4Si/c1-17(2)24(18(3)4)22(26)28-20(21(25)19-13-11-10-12-14-19)15-16-27-29(8,9)23(5,6)7/h10-18,20H,1-9H3/b16-15-. The minimum absolute atomic E-state index is 0.0268. The SMILES string of the molecule is CC(C)N(C(=O)OC(/C=C\O[Si](C)(C)C(C)(C)C)C(=O)c1ccccc1)C(C)C. The van der Waals surface area contributed by atoms with Crippen LogP contribution in [0, 0.1) is 0 Å².